The Morgan fingerprint density at radius 1 is 1.00 bits per heavy atom. The summed E-state index contributed by atoms with van der Waals surface area (Å²) < 4.78 is 5.72. The number of hydrogen-bond donors (Lipinski definition) is 1. The normalized spacial score (nSPS) is 10.4. The highest BCUT2D eigenvalue weighted by atomic mass is 32.1. The van der Waals surface area contributed by atoms with Crippen molar-refractivity contribution in [3.05, 3.63) is 71.1 Å². The van der Waals surface area contributed by atoms with E-state index in [9.17, 15) is 4.79 Å². The van der Waals surface area contributed by atoms with Crippen molar-refractivity contribution in [1.82, 2.24) is 0 Å². The fraction of sp³-hybridized carbons (Fsp3) is 0.150. The van der Waals surface area contributed by atoms with Gasteiger partial charge in [0.15, 0.2) is 6.61 Å². The Labute approximate surface area is 145 Å². The summed E-state index contributed by atoms with van der Waals surface area (Å²) in [5.74, 6) is 0.612. The molecule has 3 rings (SSSR count). The van der Waals surface area contributed by atoms with Gasteiger partial charge in [-0.25, -0.2) is 0 Å². The van der Waals surface area contributed by atoms with E-state index >= 15 is 0 Å². The Balaban J connectivity index is 1.70. The maximum atomic E-state index is 12.3. The Morgan fingerprint density at radius 2 is 1.75 bits per heavy atom. The van der Waals surface area contributed by atoms with E-state index in [4.69, 9.17) is 4.74 Å². The second-order valence-electron chi connectivity index (χ2n) is 5.58. The van der Waals surface area contributed by atoms with Crippen molar-refractivity contribution in [3.63, 3.8) is 0 Å². The van der Waals surface area contributed by atoms with E-state index < -0.39 is 0 Å². The van der Waals surface area contributed by atoms with E-state index in [1.807, 2.05) is 73.8 Å². The van der Waals surface area contributed by atoms with Gasteiger partial charge in [-0.1, -0.05) is 42.5 Å². The number of hydrogen-bond acceptors (Lipinski definition) is 3. The molecule has 4 heteroatoms. The third-order valence-corrected chi connectivity index (χ3v) is 4.65. The molecule has 0 bridgehead atoms. The van der Waals surface area contributed by atoms with Crippen LogP contribution in [0.4, 0.5) is 5.69 Å². The van der Waals surface area contributed by atoms with Crippen LogP contribution in [0, 0.1) is 13.8 Å². The third kappa shape index (κ3) is 3.66. The van der Waals surface area contributed by atoms with Crippen LogP contribution in [0.2, 0.25) is 0 Å². The summed E-state index contributed by atoms with van der Waals surface area (Å²) in [6, 6.07) is 17.8. The predicted molar refractivity (Wildman–Crippen MR) is 99.8 cm³/mol. The van der Waals surface area contributed by atoms with E-state index in [0.717, 1.165) is 33.0 Å². The standard InChI is InChI=1S/C20H19NO2S/c1-14-7-5-8-15(2)20(14)23-13-19(22)21-17-10-4-3-9-16(17)18-11-6-12-24-18/h3-12H,13H2,1-2H3,(H,21,22). The molecule has 0 spiro atoms. The van der Waals surface area contributed by atoms with E-state index in [1.54, 1.807) is 11.3 Å². The molecular formula is C20H19NO2S. The molecule has 1 N–H and O–H groups in total. The van der Waals surface area contributed by atoms with Gasteiger partial charge in [0.25, 0.3) is 5.91 Å². The summed E-state index contributed by atoms with van der Waals surface area (Å²) in [4.78, 5) is 13.4. The van der Waals surface area contributed by atoms with Crippen LogP contribution in [0.1, 0.15) is 11.1 Å². The first-order valence-corrected chi connectivity index (χ1v) is 8.65. The molecule has 0 aliphatic rings. The molecule has 0 aliphatic carbocycles. The molecule has 122 valence electrons. The largest absolute Gasteiger partial charge is 0.483 e. The van der Waals surface area contributed by atoms with Crippen molar-refractivity contribution in [2.75, 3.05) is 11.9 Å². The van der Waals surface area contributed by atoms with Crippen molar-refractivity contribution in [2.45, 2.75) is 13.8 Å². The minimum atomic E-state index is -0.165. The summed E-state index contributed by atoms with van der Waals surface area (Å²) in [5, 5.41) is 4.98. The molecule has 1 aromatic heterocycles. The number of thiophene rings is 1. The van der Waals surface area contributed by atoms with Crippen LogP contribution < -0.4 is 10.1 Å². The number of ether oxygens (including phenoxy) is 1. The first kappa shape index (κ1) is 16.3. The molecule has 3 aromatic rings. The Hall–Kier alpha value is -2.59. The lowest BCUT2D eigenvalue weighted by Crippen LogP contribution is -2.21. The summed E-state index contributed by atoms with van der Waals surface area (Å²) in [6.07, 6.45) is 0. The number of rotatable bonds is 5. The van der Waals surface area contributed by atoms with Crippen LogP contribution in [0.25, 0.3) is 10.4 Å². The number of anilines is 1. The number of carbonyl (C=O) groups excluding carboxylic acids is 1. The molecule has 0 fully saturated rings. The molecule has 24 heavy (non-hydrogen) atoms. The summed E-state index contributed by atoms with van der Waals surface area (Å²) in [5.41, 5.74) is 3.88. The number of amides is 1. The topological polar surface area (TPSA) is 38.3 Å². The Bertz CT molecular complexity index is 820. The molecule has 0 aliphatic heterocycles. The van der Waals surface area contributed by atoms with E-state index in [0.29, 0.717) is 0 Å². The van der Waals surface area contributed by atoms with Crippen LogP contribution in [-0.4, -0.2) is 12.5 Å². The lowest BCUT2D eigenvalue weighted by atomic mass is 10.1. The van der Waals surface area contributed by atoms with Crippen molar-refractivity contribution >= 4 is 22.9 Å². The number of aryl methyl sites for hydroxylation is 2. The minimum absolute atomic E-state index is 0.00946. The Kier molecular flexibility index (Phi) is 4.96. The van der Waals surface area contributed by atoms with Crippen LogP contribution in [0.3, 0.4) is 0 Å². The highest BCUT2D eigenvalue weighted by molar-refractivity contribution is 7.13. The van der Waals surface area contributed by atoms with Crippen LogP contribution in [-0.2, 0) is 4.79 Å². The number of benzene rings is 2. The predicted octanol–water partition coefficient (Wildman–Crippen LogP) is 5.05. The van der Waals surface area contributed by atoms with Crippen molar-refractivity contribution in [2.24, 2.45) is 0 Å². The average molecular weight is 337 g/mol. The Morgan fingerprint density at radius 3 is 2.46 bits per heavy atom. The molecule has 0 saturated carbocycles. The van der Waals surface area contributed by atoms with Gasteiger partial charge in [-0.2, -0.15) is 0 Å². The fourth-order valence-electron chi connectivity index (χ4n) is 2.59. The number of para-hydroxylation sites is 2. The van der Waals surface area contributed by atoms with Gasteiger partial charge in [0.1, 0.15) is 5.75 Å². The molecule has 1 heterocycles. The van der Waals surface area contributed by atoms with Gasteiger partial charge in [0.05, 0.1) is 0 Å². The summed E-state index contributed by atoms with van der Waals surface area (Å²) >= 11 is 1.65. The van der Waals surface area contributed by atoms with Gasteiger partial charge in [0.2, 0.25) is 0 Å². The van der Waals surface area contributed by atoms with Crippen molar-refractivity contribution in [3.8, 4) is 16.2 Å². The van der Waals surface area contributed by atoms with Gasteiger partial charge in [0, 0.05) is 16.1 Å². The van der Waals surface area contributed by atoms with Crippen LogP contribution >= 0.6 is 11.3 Å². The molecule has 1 amide bonds. The maximum Gasteiger partial charge on any atom is 0.262 e. The van der Waals surface area contributed by atoms with E-state index in [-0.39, 0.29) is 12.5 Å². The molecule has 2 aromatic carbocycles. The lowest BCUT2D eigenvalue weighted by Gasteiger charge is -2.13. The van der Waals surface area contributed by atoms with Gasteiger partial charge < -0.3 is 10.1 Å². The zero-order valence-corrected chi connectivity index (χ0v) is 14.5. The maximum absolute atomic E-state index is 12.3. The minimum Gasteiger partial charge on any atom is -0.483 e. The number of carbonyl (C=O) groups is 1. The second-order valence-corrected chi connectivity index (χ2v) is 6.53. The summed E-state index contributed by atoms with van der Waals surface area (Å²) in [6.45, 7) is 3.95. The van der Waals surface area contributed by atoms with Gasteiger partial charge in [-0.15, -0.1) is 11.3 Å². The SMILES string of the molecule is Cc1cccc(C)c1OCC(=O)Nc1ccccc1-c1cccs1. The van der Waals surface area contributed by atoms with Gasteiger partial charge in [-0.05, 0) is 42.5 Å². The zero-order chi connectivity index (χ0) is 16.9. The second kappa shape index (κ2) is 7.32. The molecular weight excluding hydrogens is 318 g/mol. The average Bonchev–Trinajstić information content (AvgIpc) is 3.09. The molecule has 3 nitrogen and oxygen atoms in total. The lowest BCUT2D eigenvalue weighted by molar-refractivity contribution is -0.118. The first-order chi connectivity index (χ1) is 11.6. The van der Waals surface area contributed by atoms with Gasteiger partial charge >= 0.3 is 0 Å². The fourth-order valence-corrected chi connectivity index (χ4v) is 3.36. The van der Waals surface area contributed by atoms with Gasteiger partial charge in [-0.3, -0.25) is 4.79 Å². The number of nitrogens with one attached hydrogen (secondary N) is 1. The van der Waals surface area contributed by atoms with E-state index in [1.165, 1.54) is 0 Å². The zero-order valence-electron chi connectivity index (χ0n) is 13.7. The molecule has 0 radical (unpaired) electrons. The first-order valence-electron chi connectivity index (χ1n) is 7.77. The highest BCUT2D eigenvalue weighted by Gasteiger charge is 2.11. The monoisotopic (exact) mass is 337 g/mol. The highest BCUT2D eigenvalue weighted by Crippen LogP contribution is 2.31. The van der Waals surface area contributed by atoms with E-state index in [2.05, 4.69) is 5.32 Å². The molecule has 0 atom stereocenters. The van der Waals surface area contributed by atoms with Crippen molar-refractivity contribution in [1.29, 1.82) is 0 Å². The van der Waals surface area contributed by atoms with Crippen molar-refractivity contribution < 1.29 is 9.53 Å². The van der Waals surface area contributed by atoms with Crippen LogP contribution in [0.5, 0.6) is 5.75 Å². The quantitative estimate of drug-likeness (QED) is 0.707. The molecule has 0 saturated heterocycles. The third-order valence-electron chi connectivity index (χ3n) is 3.74. The smallest absolute Gasteiger partial charge is 0.262 e. The molecule has 0 unspecified atom stereocenters. The van der Waals surface area contributed by atoms with Crippen LogP contribution in [0.15, 0.2) is 60.0 Å². The summed E-state index contributed by atoms with van der Waals surface area (Å²) in [7, 11) is 0.